The Morgan fingerprint density at radius 2 is 2.11 bits per heavy atom. The number of nitrogens with one attached hydrogen (secondary N) is 2. The van der Waals surface area contributed by atoms with Gasteiger partial charge in [0.05, 0.1) is 26.3 Å². The summed E-state index contributed by atoms with van der Waals surface area (Å²) in [4.78, 5) is 9.03. The van der Waals surface area contributed by atoms with Gasteiger partial charge in [-0.15, -0.1) is 0 Å². The molecule has 0 bridgehead atoms. The van der Waals surface area contributed by atoms with E-state index in [1.54, 1.807) is 18.2 Å². The molecule has 1 heterocycles. The first-order valence-electron chi connectivity index (χ1n) is 8.55. The molecular weight excluding hydrogens is 444 g/mol. The fourth-order valence-electron chi connectivity index (χ4n) is 2.60. The molecular formula is C19H21BrN4O3S. The fourth-order valence-corrected chi connectivity index (χ4v) is 3.77. The van der Waals surface area contributed by atoms with Gasteiger partial charge in [0.15, 0.2) is 0 Å². The smallest absolute Gasteiger partial charge is 0.137 e. The van der Waals surface area contributed by atoms with E-state index in [2.05, 4.69) is 31.2 Å². The fraction of sp³-hybridized carbons (Fsp3) is 0.263. The van der Waals surface area contributed by atoms with E-state index in [-0.39, 0.29) is 19.3 Å². The number of fused-ring (bicyclic) bond motifs is 1. The molecule has 0 radical (unpaired) electrons. The van der Waals surface area contributed by atoms with E-state index in [9.17, 15) is 9.32 Å². The largest absolute Gasteiger partial charge is 0.488 e. The van der Waals surface area contributed by atoms with Gasteiger partial charge in [0.25, 0.3) is 0 Å². The molecule has 0 spiro atoms. The highest BCUT2D eigenvalue weighted by Crippen LogP contribution is 2.33. The van der Waals surface area contributed by atoms with Crippen LogP contribution in [0, 0.1) is 4.78 Å². The summed E-state index contributed by atoms with van der Waals surface area (Å²) in [6.07, 6.45) is 2.86. The predicted octanol–water partition coefficient (Wildman–Crippen LogP) is 3.80. The lowest BCUT2D eigenvalue weighted by Crippen LogP contribution is -2.20. The Hall–Kier alpha value is -2.23. The summed E-state index contributed by atoms with van der Waals surface area (Å²) >= 11 is 3.52. The maximum Gasteiger partial charge on any atom is 0.137 e. The molecule has 3 N–H and O–H groups in total. The van der Waals surface area contributed by atoms with E-state index >= 15 is 0 Å². The third kappa shape index (κ3) is 4.78. The molecule has 1 aromatic heterocycles. The molecule has 3 aromatic rings. The molecule has 28 heavy (non-hydrogen) atoms. The van der Waals surface area contributed by atoms with Gasteiger partial charge in [0.1, 0.15) is 24.5 Å². The van der Waals surface area contributed by atoms with Crippen LogP contribution >= 0.6 is 15.9 Å². The van der Waals surface area contributed by atoms with Crippen LogP contribution in [-0.4, -0.2) is 38.2 Å². The molecule has 0 aliphatic rings. The summed E-state index contributed by atoms with van der Waals surface area (Å²) in [5.41, 5.74) is 1.53. The minimum Gasteiger partial charge on any atom is -0.488 e. The van der Waals surface area contributed by atoms with Crippen molar-refractivity contribution in [2.45, 2.75) is 24.5 Å². The lowest BCUT2D eigenvalue weighted by atomic mass is 10.2. The van der Waals surface area contributed by atoms with Crippen LogP contribution < -0.4 is 10.1 Å². The Kier molecular flexibility index (Phi) is 6.17. The first-order chi connectivity index (χ1) is 13.3. The van der Waals surface area contributed by atoms with Crippen molar-refractivity contribution in [2.75, 3.05) is 18.2 Å². The summed E-state index contributed by atoms with van der Waals surface area (Å²) in [7, 11) is -2.77. The zero-order valence-electron chi connectivity index (χ0n) is 15.5. The van der Waals surface area contributed by atoms with Gasteiger partial charge in [-0.3, -0.25) is 0 Å². The van der Waals surface area contributed by atoms with Crippen molar-refractivity contribution < 1.29 is 14.1 Å². The van der Waals surface area contributed by atoms with E-state index in [0.29, 0.717) is 22.0 Å². The van der Waals surface area contributed by atoms with Gasteiger partial charge in [0.2, 0.25) is 0 Å². The number of benzene rings is 2. The second-order valence-corrected chi connectivity index (χ2v) is 9.54. The van der Waals surface area contributed by atoms with Crippen LogP contribution in [0.25, 0.3) is 10.9 Å². The summed E-state index contributed by atoms with van der Waals surface area (Å²) in [6, 6.07) is 10.6. The molecule has 0 saturated heterocycles. The minimum atomic E-state index is -2.77. The number of aliphatic hydroxyl groups excluding tert-OH is 1. The summed E-state index contributed by atoms with van der Waals surface area (Å²) in [5, 5.41) is 13.2. The van der Waals surface area contributed by atoms with Gasteiger partial charge < -0.3 is 15.2 Å². The van der Waals surface area contributed by atoms with Crippen LogP contribution in [0.3, 0.4) is 0 Å². The Labute approximate surface area is 172 Å². The van der Waals surface area contributed by atoms with E-state index in [1.165, 1.54) is 12.6 Å². The number of hydrogen-bond acceptors (Lipinski definition) is 7. The Morgan fingerprint density at radius 3 is 2.82 bits per heavy atom. The number of aromatic nitrogens is 2. The SMILES string of the molecule is CC(CO)Nc1ncnc2cc(OCc3cccc(S(C)(=N)=O)c3)c(Br)cc12. The van der Waals surface area contributed by atoms with Crippen molar-refractivity contribution >= 4 is 42.4 Å². The number of nitrogens with zero attached hydrogens (tertiary/aromatic N) is 2. The van der Waals surface area contributed by atoms with E-state index in [4.69, 9.17) is 9.52 Å². The predicted molar refractivity (Wildman–Crippen MR) is 113 cm³/mol. The van der Waals surface area contributed by atoms with Crippen LogP contribution in [0.4, 0.5) is 5.82 Å². The number of halogens is 1. The van der Waals surface area contributed by atoms with Crippen molar-refractivity contribution in [3.8, 4) is 5.75 Å². The van der Waals surface area contributed by atoms with Crippen LogP contribution in [0.2, 0.25) is 0 Å². The topological polar surface area (TPSA) is 108 Å². The molecule has 7 nitrogen and oxygen atoms in total. The van der Waals surface area contributed by atoms with Crippen molar-refractivity contribution in [1.29, 1.82) is 4.78 Å². The molecule has 0 fully saturated rings. The highest BCUT2D eigenvalue weighted by Gasteiger charge is 2.12. The Morgan fingerprint density at radius 1 is 1.32 bits per heavy atom. The van der Waals surface area contributed by atoms with Gasteiger partial charge in [-0.1, -0.05) is 12.1 Å². The van der Waals surface area contributed by atoms with Gasteiger partial charge in [-0.2, -0.15) is 0 Å². The van der Waals surface area contributed by atoms with Crippen LogP contribution in [0.1, 0.15) is 12.5 Å². The molecule has 2 atom stereocenters. The van der Waals surface area contributed by atoms with E-state index in [0.717, 1.165) is 15.4 Å². The molecule has 148 valence electrons. The zero-order valence-corrected chi connectivity index (χ0v) is 17.9. The third-order valence-corrected chi connectivity index (χ3v) is 5.86. The Balaban J connectivity index is 1.85. The molecule has 9 heteroatoms. The van der Waals surface area contributed by atoms with E-state index in [1.807, 2.05) is 25.1 Å². The summed E-state index contributed by atoms with van der Waals surface area (Å²) in [5.74, 6) is 1.25. The normalized spacial score (nSPS) is 14.4. The molecule has 0 aliphatic carbocycles. The lowest BCUT2D eigenvalue weighted by Gasteiger charge is -2.15. The second-order valence-electron chi connectivity index (χ2n) is 6.53. The van der Waals surface area contributed by atoms with E-state index < -0.39 is 9.73 Å². The third-order valence-electron chi connectivity index (χ3n) is 4.09. The standard InChI is InChI=1S/C19H21BrN4O3S/c1-12(9-25)24-19-15-7-16(20)18(8-17(15)22-11-23-19)27-10-13-4-3-5-14(6-13)28(2,21)26/h3-8,11-12,21,25H,9-10H2,1-2H3,(H,22,23,24). The number of anilines is 1. The van der Waals surface area contributed by atoms with Gasteiger partial charge in [-0.05, 0) is 46.6 Å². The average molecular weight is 465 g/mol. The number of ether oxygens (including phenoxy) is 1. The van der Waals surface area contributed by atoms with Crippen molar-refractivity contribution in [3.63, 3.8) is 0 Å². The second kappa shape index (κ2) is 8.42. The molecule has 3 rings (SSSR count). The molecule has 2 unspecified atom stereocenters. The summed E-state index contributed by atoms with van der Waals surface area (Å²) in [6.45, 7) is 2.13. The van der Waals surface area contributed by atoms with Crippen molar-refractivity contribution in [1.82, 2.24) is 9.97 Å². The molecule has 0 amide bonds. The minimum absolute atomic E-state index is 0.00460. The maximum absolute atomic E-state index is 11.9. The molecule has 2 aromatic carbocycles. The number of rotatable bonds is 7. The Bertz CT molecular complexity index is 1110. The van der Waals surface area contributed by atoms with Gasteiger partial charge in [0, 0.05) is 28.6 Å². The van der Waals surface area contributed by atoms with Crippen LogP contribution in [0.5, 0.6) is 5.75 Å². The van der Waals surface area contributed by atoms with Crippen molar-refractivity contribution in [2.24, 2.45) is 0 Å². The van der Waals surface area contributed by atoms with Crippen LogP contribution in [0.15, 0.2) is 52.1 Å². The highest BCUT2D eigenvalue weighted by molar-refractivity contribution is 9.10. The maximum atomic E-state index is 11.9. The molecule has 0 saturated carbocycles. The molecule has 0 aliphatic heterocycles. The quantitative estimate of drug-likeness (QED) is 0.490. The number of hydrogen-bond donors (Lipinski definition) is 3. The average Bonchev–Trinajstić information content (AvgIpc) is 2.66. The first-order valence-corrected chi connectivity index (χ1v) is 11.3. The lowest BCUT2D eigenvalue weighted by molar-refractivity contribution is 0.281. The first kappa shape index (κ1) is 20.5. The van der Waals surface area contributed by atoms with Crippen molar-refractivity contribution in [3.05, 3.63) is 52.8 Å². The van der Waals surface area contributed by atoms with Gasteiger partial charge in [-0.25, -0.2) is 19.0 Å². The number of aliphatic hydroxyl groups is 1. The van der Waals surface area contributed by atoms with Crippen LogP contribution in [-0.2, 0) is 16.3 Å². The monoisotopic (exact) mass is 464 g/mol. The summed E-state index contributed by atoms with van der Waals surface area (Å²) < 4.78 is 26.3. The van der Waals surface area contributed by atoms with Gasteiger partial charge >= 0.3 is 0 Å². The highest BCUT2D eigenvalue weighted by atomic mass is 79.9. The zero-order chi connectivity index (χ0) is 20.3.